The number of aryl methyl sites for hydroxylation is 1. The molecule has 0 fully saturated rings. The van der Waals surface area contributed by atoms with Crippen molar-refractivity contribution in [2.24, 2.45) is 0 Å². The van der Waals surface area contributed by atoms with Crippen molar-refractivity contribution < 1.29 is 9.21 Å². The number of furan rings is 1. The van der Waals surface area contributed by atoms with Gasteiger partial charge in [0.1, 0.15) is 12.0 Å². The van der Waals surface area contributed by atoms with Gasteiger partial charge in [-0.3, -0.25) is 15.6 Å². The summed E-state index contributed by atoms with van der Waals surface area (Å²) >= 11 is 0. The minimum absolute atomic E-state index is 0.174. The molecule has 0 saturated heterocycles. The summed E-state index contributed by atoms with van der Waals surface area (Å²) in [5.74, 6) is 0.454. The van der Waals surface area contributed by atoms with E-state index in [1.54, 1.807) is 12.1 Å². The number of benzene rings is 1. The first-order valence-electron chi connectivity index (χ1n) is 7.18. The lowest BCUT2D eigenvalue weighted by Crippen LogP contribution is -2.30. The highest BCUT2D eigenvalue weighted by molar-refractivity contribution is 5.92. The lowest BCUT2D eigenvalue weighted by molar-refractivity contribution is 0.0935. The summed E-state index contributed by atoms with van der Waals surface area (Å²) in [4.78, 5) is 20.0. The highest BCUT2D eigenvalue weighted by Crippen LogP contribution is 2.26. The van der Waals surface area contributed by atoms with Gasteiger partial charge in [0.2, 0.25) is 0 Å². The Hall–Kier alpha value is -3.55. The van der Waals surface area contributed by atoms with Gasteiger partial charge in [-0.05, 0) is 30.7 Å². The molecule has 0 aliphatic rings. The predicted octanol–water partition coefficient (Wildman–Crippen LogP) is 2.46. The molecule has 0 aliphatic heterocycles. The van der Waals surface area contributed by atoms with Gasteiger partial charge in [-0.25, -0.2) is 9.97 Å². The van der Waals surface area contributed by atoms with Crippen molar-refractivity contribution in [3.05, 3.63) is 60.3 Å². The minimum atomic E-state index is -0.438. The number of nitrogens with two attached hydrogens (primary N) is 1. The molecule has 3 aromatic rings. The molecule has 8 heteroatoms. The Labute approximate surface area is 138 Å². The number of nitrogens with zero attached hydrogens (tertiary/aromatic N) is 2. The average Bonchev–Trinajstić information content (AvgIpc) is 3.12. The van der Waals surface area contributed by atoms with Crippen molar-refractivity contribution in [1.82, 2.24) is 15.4 Å². The summed E-state index contributed by atoms with van der Waals surface area (Å²) in [6, 6.07) is 10.9. The van der Waals surface area contributed by atoms with Crippen LogP contribution >= 0.6 is 0 Å². The zero-order valence-electron chi connectivity index (χ0n) is 12.9. The standard InChI is InChI=1S/C16H16N6O2/c1-10-5-2-3-6-11(10)20-14-13(17)15(19-9-18-14)21-22-16(23)12-7-4-8-24-12/h2-9H,17H2,1H3,(H,22,23)(H2,18,19,20,21). The third-order valence-corrected chi connectivity index (χ3v) is 3.32. The normalized spacial score (nSPS) is 10.2. The lowest BCUT2D eigenvalue weighted by atomic mass is 10.2. The van der Waals surface area contributed by atoms with Crippen LogP contribution in [0.5, 0.6) is 0 Å². The van der Waals surface area contributed by atoms with Crippen LogP contribution in [-0.2, 0) is 0 Å². The molecule has 0 unspecified atom stereocenters. The van der Waals surface area contributed by atoms with Gasteiger partial charge in [0, 0.05) is 5.69 Å². The second-order valence-corrected chi connectivity index (χ2v) is 4.98. The predicted molar refractivity (Wildman–Crippen MR) is 90.7 cm³/mol. The molecule has 0 radical (unpaired) electrons. The first kappa shape index (κ1) is 15.3. The summed E-state index contributed by atoms with van der Waals surface area (Å²) < 4.78 is 5.00. The number of nitrogen functional groups attached to an aromatic ring is 1. The summed E-state index contributed by atoms with van der Waals surface area (Å²) in [5, 5.41) is 3.15. The number of carbonyl (C=O) groups is 1. The van der Waals surface area contributed by atoms with Crippen LogP contribution in [0.3, 0.4) is 0 Å². The molecule has 0 atom stereocenters. The monoisotopic (exact) mass is 324 g/mol. The number of hydrazine groups is 1. The molecule has 24 heavy (non-hydrogen) atoms. The number of aromatic nitrogens is 2. The quantitative estimate of drug-likeness (QED) is 0.532. The maximum absolute atomic E-state index is 11.8. The molecule has 8 nitrogen and oxygen atoms in total. The molecular weight excluding hydrogens is 308 g/mol. The fraction of sp³-hybridized carbons (Fsp3) is 0.0625. The minimum Gasteiger partial charge on any atom is -0.459 e. The highest BCUT2D eigenvalue weighted by Gasteiger charge is 2.12. The Morgan fingerprint density at radius 3 is 2.67 bits per heavy atom. The van der Waals surface area contributed by atoms with Gasteiger partial charge < -0.3 is 15.5 Å². The second-order valence-electron chi connectivity index (χ2n) is 4.98. The summed E-state index contributed by atoms with van der Waals surface area (Å²) in [6.45, 7) is 1.97. The molecule has 2 aromatic heterocycles. The molecule has 0 spiro atoms. The Bertz CT molecular complexity index is 848. The van der Waals surface area contributed by atoms with Crippen molar-refractivity contribution in [2.45, 2.75) is 6.92 Å². The zero-order chi connectivity index (χ0) is 16.9. The van der Waals surface area contributed by atoms with E-state index >= 15 is 0 Å². The molecule has 0 saturated carbocycles. The Morgan fingerprint density at radius 1 is 1.12 bits per heavy atom. The molecule has 3 rings (SSSR count). The highest BCUT2D eigenvalue weighted by atomic mass is 16.3. The molecule has 122 valence electrons. The van der Waals surface area contributed by atoms with Crippen LogP contribution in [0.25, 0.3) is 0 Å². The third-order valence-electron chi connectivity index (χ3n) is 3.32. The van der Waals surface area contributed by atoms with E-state index in [-0.39, 0.29) is 17.3 Å². The van der Waals surface area contributed by atoms with Crippen molar-refractivity contribution in [2.75, 3.05) is 16.5 Å². The van der Waals surface area contributed by atoms with Crippen LogP contribution in [0.1, 0.15) is 16.1 Å². The summed E-state index contributed by atoms with van der Waals surface area (Å²) in [6.07, 6.45) is 2.76. The number of amides is 1. The van der Waals surface area contributed by atoms with Crippen LogP contribution in [0, 0.1) is 6.92 Å². The molecule has 1 aromatic carbocycles. The van der Waals surface area contributed by atoms with Crippen LogP contribution < -0.4 is 21.9 Å². The Morgan fingerprint density at radius 2 is 1.92 bits per heavy atom. The van der Waals surface area contributed by atoms with Gasteiger partial charge >= 0.3 is 5.91 Å². The zero-order valence-corrected chi connectivity index (χ0v) is 12.9. The smallest absolute Gasteiger partial charge is 0.305 e. The van der Waals surface area contributed by atoms with E-state index in [2.05, 4.69) is 26.1 Å². The van der Waals surface area contributed by atoms with Gasteiger partial charge in [-0.1, -0.05) is 18.2 Å². The Balaban J connectivity index is 1.74. The van der Waals surface area contributed by atoms with E-state index in [1.165, 1.54) is 12.6 Å². The van der Waals surface area contributed by atoms with Gasteiger partial charge in [0.25, 0.3) is 0 Å². The number of rotatable bonds is 5. The maximum atomic E-state index is 11.8. The summed E-state index contributed by atoms with van der Waals surface area (Å²) in [5.41, 5.74) is 13.4. The topological polar surface area (TPSA) is 118 Å². The molecule has 5 N–H and O–H groups in total. The van der Waals surface area contributed by atoms with Crippen molar-refractivity contribution >= 4 is 28.9 Å². The molecule has 1 amide bonds. The van der Waals surface area contributed by atoms with Crippen LogP contribution in [0.15, 0.2) is 53.4 Å². The van der Waals surface area contributed by atoms with Crippen molar-refractivity contribution in [3.8, 4) is 0 Å². The van der Waals surface area contributed by atoms with E-state index in [0.29, 0.717) is 5.82 Å². The Kier molecular flexibility index (Phi) is 4.28. The van der Waals surface area contributed by atoms with Crippen molar-refractivity contribution in [3.63, 3.8) is 0 Å². The maximum Gasteiger partial charge on any atom is 0.305 e. The van der Waals surface area contributed by atoms with Crippen LogP contribution in [0.2, 0.25) is 0 Å². The first-order valence-corrected chi connectivity index (χ1v) is 7.18. The van der Waals surface area contributed by atoms with E-state index in [4.69, 9.17) is 10.2 Å². The van der Waals surface area contributed by atoms with Crippen LogP contribution in [-0.4, -0.2) is 15.9 Å². The number of anilines is 4. The van der Waals surface area contributed by atoms with Gasteiger partial charge in [-0.2, -0.15) is 0 Å². The molecule has 0 bridgehead atoms. The molecule has 0 aliphatic carbocycles. The van der Waals surface area contributed by atoms with E-state index < -0.39 is 5.91 Å². The SMILES string of the molecule is Cc1ccccc1Nc1ncnc(NNC(=O)c2ccco2)c1N. The molecular formula is C16H16N6O2. The third kappa shape index (κ3) is 3.27. The number of carbonyl (C=O) groups excluding carboxylic acids is 1. The molecule has 2 heterocycles. The number of nitrogens with one attached hydrogen (secondary N) is 3. The van der Waals surface area contributed by atoms with Gasteiger partial charge in [-0.15, -0.1) is 0 Å². The lowest BCUT2D eigenvalue weighted by Gasteiger charge is -2.13. The van der Waals surface area contributed by atoms with E-state index in [9.17, 15) is 4.79 Å². The van der Waals surface area contributed by atoms with Gasteiger partial charge in [0.05, 0.1) is 6.26 Å². The summed E-state index contributed by atoms with van der Waals surface area (Å²) in [7, 11) is 0. The average molecular weight is 324 g/mol. The van der Waals surface area contributed by atoms with E-state index in [0.717, 1.165) is 11.3 Å². The van der Waals surface area contributed by atoms with Crippen molar-refractivity contribution in [1.29, 1.82) is 0 Å². The van der Waals surface area contributed by atoms with Crippen LogP contribution in [0.4, 0.5) is 23.0 Å². The van der Waals surface area contributed by atoms with E-state index in [1.807, 2.05) is 31.2 Å². The fourth-order valence-electron chi connectivity index (χ4n) is 2.02. The number of hydrogen-bond donors (Lipinski definition) is 4. The van der Waals surface area contributed by atoms with Gasteiger partial charge in [0.15, 0.2) is 17.4 Å². The largest absolute Gasteiger partial charge is 0.459 e. The second kappa shape index (κ2) is 6.69. The fourth-order valence-corrected chi connectivity index (χ4v) is 2.02. The first-order chi connectivity index (χ1) is 11.6. The number of para-hydroxylation sites is 1. The number of hydrogen-bond acceptors (Lipinski definition) is 7.